The van der Waals surface area contributed by atoms with Gasteiger partial charge < -0.3 is 28.0 Å². The molecule has 0 aliphatic carbocycles. The Hall–Kier alpha value is -4.73. The number of benzene rings is 3. The summed E-state index contributed by atoms with van der Waals surface area (Å²) >= 11 is 1.53. The second kappa shape index (κ2) is 19.8. The van der Waals surface area contributed by atoms with Crippen molar-refractivity contribution in [2.45, 2.75) is 78.2 Å². The summed E-state index contributed by atoms with van der Waals surface area (Å²) in [6.45, 7) is 13.2. The molecule has 304 valence electrons. The first-order valence-corrected chi connectivity index (χ1v) is 21.4. The third kappa shape index (κ3) is 9.58. The van der Waals surface area contributed by atoms with Crippen LogP contribution in [0.25, 0.3) is 20.4 Å². The number of nitriles is 1. The molecule has 2 unspecified atom stereocenters. The molecule has 6 aromatic rings. The lowest BCUT2D eigenvalue weighted by atomic mass is 9.80. The van der Waals surface area contributed by atoms with Gasteiger partial charge in [0.25, 0.3) is 8.53 Å². The van der Waals surface area contributed by atoms with Crippen LogP contribution < -0.4 is 14.2 Å². The first-order chi connectivity index (χ1) is 28.1. The lowest BCUT2D eigenvalue weighted by Crippen LogP contribution is -2.38. The maximum atomic E-state index is 9.41. The van der Waals surface area contributed by atoms with Crippen LogP contribution in [0.2, 0.25) is 0 Å². The number of thiophene rings is 1. The Morgan fingerprint density at radius 3 is 2.03 bits per heavy atom. The third-order valence-electron chi connectivity index (χ3n) is 9.76. The molecule has 0 bridgehead atoms. The van der Waals surface area contributed by atoms with Crippen molar-refractivity contribution in [3.63, 3.8) is 0 Å². The van der Waals surface area contributed by atoms with Gasteiger partial charge in [-0.2, -0.15) is 5.26 Å². The number of fused-ring (bicyclic) bond motifs is 3. The molecule has 0 spiro atoms. The molecule has 0 fully saturated rings. The van der Waals surface area contributed by atoms with Gasteiger partial charge in [-0.1, -0.05) is 54.6 Å². The van der Waals surface area contributed by atoms with E-state index in [9.17, 15) is 5.26 Å². The molecule has 0 amide bonds. The molecular formula is C45H52N5O6PS. The van der Waals surface area contributed by atoms with Crippen LogP contribution in [-0.4, -0.2) is 71.9 Å². The molecule has 6 rings (SSSR count). The van der Waals surface area contributed by atoms with Crippen molar-refractivity contribution in [3.8, 4) is 23.4 Å². The highest BCUT2D eigenvalue weighted by Crippen LogP contribution is 2.49. The fraction of sp³-hybridized carbons (Fsp3) is 0.378. The summed E-state index contributed by atoms with van der Waals surface area (Å²) in [6.07, 6.45) is 1.71. The molecule has 0 N–H and O–H groups in total. The van der Waals surface area contributed by atoms with E-state index in [0.29, 0.717) is 12.3 Å². The second-order valence-electron chi connectivity index (χ2n) is 14.4. The number of nitrogens with zero attached hydrogens (tertiary/aromatic N) is 5. The fourth-order valence-corrected chi connectivity index (χ4v) is 10.1. The van der Waals surface area contributed by atoms with Crippen LogP contribution >= 0.6 is 19.9 Å². The Morgan fingerprint density at radius 1 is 0.828 bits per heavy atom. The topological polar surface area (TPSA) is 121 Å². The summed E-state index contributed by atoms with van der Waals surface area (Å²) in [6, 6.07) is 30.6. The van der Waals surface area contributed by atoms with Crippen molar-refractivity contribution in [3.05, 3.63) is 119 Å². The highest BCUT2D eigenvalue weighted by molar-refractivity contribution is 7.44. The van der Waals surface area contributed by atoms with Crippen molar-refractivity contribution < 1.29 is 28.0 Å². The zero-order valence-corrected chi connectivity index (χ0v) is 36.2. The van der Waals surface area contributed by atoms with Gasteiger partial charge in [0, 0.05) is 29.6 Å². The summed E-state index contributed by atoms with van der Waals surface area (Å²) in [5.41, 5.74) is 4.58. The maximum Gasteiger partial charge on any atom is 0.259 e. The molecule has 0 saturated heterocycles. The Morgan fingerprint density at radius 2 is 1.45 bits per heavy atom. The highest BCUT2D eigenvalue weighted by Gasteiger charge is 2.40. The van der Waals surface area contributed by atoms with Crippen LogP contribution in [0.4, 0.5) is 0 Å². The van der Waals surface area contributed by atoms with E-state index >= 15 is 0 Å². The molecule has 0 aliphatic heterocycles. The summed E-state index contributed by atoms with van der Waals surface area (Å²) < 4.78 is 41.5. The van der Waals surface area contributed by atoms with Crippen LogP contribution in [-0.2, 0) is 19.4 Å². The van der Waals surface area contributed by atoms with Crippen molar-refractivity contribution >= 4 is 40.3 Å². The zero-order valence-electron chi connectivity index (χ0n) is 34.5. The molecule has 58 heavy (non-hydrogen) atoms. The summed E-state index contributed by atoms with van der Waals surface area (Å²) in [4.78, 5) is 14.9. The number of rotatable bonds is 20. The highest BCUT2D eigenvalue weighted by atomic mass is 32.1. The normalized spacial score (nSPS) is 13.0. The number of ether oxygens (including phenoxy) is 4. The summed E-state index contributed by atoms with van der Waals surface area (Å²) in [5.74, 6) is 1.97. The molecule has 3 heterocycles. The van der Waals surface area contributed by atoms with Crippen molar-refractivity contribution in [2.75, 3.05) is 34.0 Å². The van der Waals surface area contributed by atoms with Crippen LogP contribution in [0.1, 0.15) is 68.5 Å². The van der Waals surface area contributed by atoms with Gasteiger partial charge in [0.2, 0.25) is 5.88 Å². The molecule has 3 aromatic carbocycles. The second-order valence-corrected chi connectivity index (χ2v) is 16.9. The van der Waals surface area contributed by atoms with Gasteiger partial charge in [-0.3, -0.25) is 0 Å². The minimum Gasteiger partial charge on any atom is -0.497 e. The monoisotopic (exact) mass is 821 g/mol. The third-order valence-corrected chi connectivity index (χ3v) is 13.0. The minimum absolute atomic E-state index is 0.107. The Balaban J connectivity index is 1.39. The number of aromatic nitrogens is 3. The summed E-state index contributed by atoms with van der Waals surface area (Å²) in [7, 11) is 1.70. The lowest BCUT2D eigenvalue weighted by molar-refractivity contribution is -0.0388. The predicted molar refractivity (Wildman–Crippen MR) is 231 cm³/mol. The standard InChI is InChI=1S/C45H52N5O6PS/c1-30(2)50(31(3)4)57(55-25-12-24-46)56-39(23-26-53-43-42-41(47-29-48-43)40-32(5)27-33(6)49-44(40)58-42)28-54-45(34-13-10-9-11-14-34,35-15-19-37(51-7)20-16-35)36-17-21-38(52-8)22-18-36/h9-11,13-22,27,29-31,39H,12,23,25-26,28H2,1-8H3. The quantitative estimate of drug-likeness (QED) is 0.0416. The Kier molecular flexibility index (Phi) is 14.6. The zero-order chi connectivity index (χ0) is 41.2. The lowest BCUT2D eigenvalue weighted by Gasteiger charge is -2.39. The average molecular weight is 822 g/mol. The van der Waals surface area contributed by atoms with E-state index in [1.54, 1.807) is 20.5 Å². The fourth-order valence-electron chi connectivity index (χ4n) is 7.16. The largest absolute Gasteiger partial charge is 0.497 e. The van der Waals surface area contributed by atoms with E-state index in [1.807, 2.05) is 73.7 Å². The number of methoxy groups -OCH3 is 2. The first-order valence-electron chi connectivity index (χ1n) is 19.5. The molecular weight excluding hydrogens is 770 g/mol. The maximum absolute atomic E-state index is 9.41. The van der Waals surface area contributed by atoms with Gasteiger partial charge in [0.15, 0.2) is 0 Å². The van der Waals surface area contributed by atoms with E-state index < -0.39 is 20.2 Å². The van der Waals surface area contributed by atoms with E-state index in [4.69, 9.17) is 33.0 Å². The first kappa shape index (κ1) is 42.9. The molecule has 0 aliphatic rings. The van der Waals surface area contributed by atoms with Gasteiger partial charge in [-0.15, -0.1) is 11.3 Å². The van der Waals surface area contributed by atoms with E-state index in [1.165, 1.54) is 11.3 Å². The van der Waals surface area contributed by atoms with Crippen LogP contribution in [0.3, 0.4) is 0 Å². The predicted octanol–water partition coefficient (Wildman–Crippen LogP) is 10.3. The van der Waals surface area contributed by atoms with Crippen molar-refractivity contribution in [1.29, 1.82) is 5.26 Å². The smallest absolute Gasteiger partial charge is 0.259 e. The van der Waals surface area contributed by atoms with Gasteiger partial charge in [0.05, 0.1) is 58.2 Å². The van der Waals surface area contributed by atoms with Gasteiger partial charge >= 0.3 is 0 Å². The Labute approximate surface area is 346 Å². The molecule has 2 atom stereocenters. The van der Waals surface area contributed by atoms with E-state index in [-0.39, 0.29) is 38.3 Å². The molecule has 0 saturated carbocycles. The average Bonchev–Trinajstić information content (AvgIpc) is 3.61. The van der Waals surface area contributed by atoms with Gasteiger partial charge in [-0.05, 0) is 94.1 Å². The Bertz CT molecular complexity index is 2230. The van der Waals surface area contributed by atoms with Crippen LogP contribution in [0.5, 0.6) is 17.4 Å². The SMILES string of the molecule is COc1ccc(C(OCC(CCOc2ncnc3c2sc2nc(C)cc(C)c23)OP(OCCC#N)N(C(C)C)C(C)C)(c2ccccc2)c2ccc(OC)cc2)cc1. The van der Waals surface area contributed by atoms with Gasteiger partial charge in [-0.25, -0.2) is 19.6 Å². The van der Waals surface area contributed by atoms with Crippen LogP contribution in [0.15, 0.2) is 91.3 Å². The van der Waals surface area contributed by atoms with Crippen LogP contribution in [0, 0.1) is 25.2 Å². The molecule has 3 aromatic heterocycles. The molecule has 11 nitrogen and oxygen atoms in total. The number of hydrogen-bond acceptors (Lipinski definition) is 12. The molecule has 13 heteroatoms. The number of aryl methyl sites for hydroxylation is 2. The van der Waals surface area contributed by atoms with Gasteiger partial charge in [0.1, 0.15) is 33.0 Å². The van der Waals surface area contributed by atoms with Crippen molar-refractivity contribution in [1.82, 2.24) is 19.6 Å². The summed E-state index contributed by atoms with van der Waals surface area (Å²) in [5, 5.41) is 10.4. The number of pyridine rings is 1. The minimum atomic E-state index is -1.62. The molecule has 0 radical (unpaired) electrons. The van der Waals surface area contributed by atoms with Crippen molar-refractivity contribution in [2.24, 2.45) is 0 Å². The van der Waals surface area contributed by atoms with E-state index in [2.05, 4.69) is 73.5 Å². The number of hydrogen-bond donors (Lipinski definition) is 0. The van der Waals surface area contributed by atoms with E-state index in [0.717, 1.165) is 59.9 Å².